The van der Waals surface area contributed by atoms with E-state index in [0.717, 1.165) is 16.8 Å². The maximum atomic E-state index is 13.0. The van der Waals surface area contributed by atoms with Crippen LogP contribution in [0.1, 0.15) is 43.7 Å². The fraction of sp³-hybridized carbons (Fsp3) is 0.227. The van der Waals surface area contributed by atoms with Crippen molar-refractivity contribution in [1.82, 2.24) is 4.57 Å². The molecule has 1 aromatic heterocycles. The minimum atomic E-state index is -3.81. The van der Waals surface area contributed by atoms with Crippen molar-refractivity contribution in [3.8, 4) is 0 Å². The molecule has 5 nitrogen and oxygen atoms in total. The second kappa shape index (κ2) is 7.73. The number of ketones is 1. The van der Waals surface area contributed by atoms with Gasteiger partial charge in [-0.2, -0.15) is 0 Å². The number of benzene rings is 2. The van der Waals surface area contributed by atoms with Crippen molar-refractivity contribution >= 4 is 15.8 Å². The Hall–Kier alpha value is -2.70. The maximum Gasteiger partial charge on any atom is 0.216 e. The highest BCUT2D eigenvalue weighted by Gasteiger charge is 2.26. The number of sulfonamides is 1. The van der Waals surface area contributed by atoms with Gasteiger partial charge in [0, 0.05) is 24.7 Å². The van der Waals surface area contributed by atoms with E-state index in [2.05, 4.69) is 0 Å². The molecule has 0 saturated heterocycles. The molecule has 0 aliphatic heterocycles. The zero-order valence-corrected chi connectivity index (χ0v) is 17.0. The lowest BCUT2D eigenvalue weighted by molar-refractivity contribution is 0.103. The molecule has 146 valence electrons. The SMILES string of the molecule is Cc1ccc(C(=O)c2ccc(CC(c3ccccc3)S(N)(=O)=O)n2C)c(C)c1. The van der Waals surface area contributed by atoms with Crippen molar-refractivity contribution in [1.29, 1.82) is 0 Å². The summed E-state index contributed by atoms with van der Waals surface area (Å²) in [5.74, 6) is -0.0851. The van der Waals surface area contributed by atoms with E-state index in [-0.39, 0.29) is 12.2 Å². The first kappa shape index (κ1) is 20.0. The fourth-order valence-corrected chi connectivity index (χ4v) is 4.41. The molecule has 3 rings (SSSR count). The molecule has 0 amide bonds. The third-order valence-electron chi connectivity index (χ3n) is 5.05. The van der Waals surface area contributed by atoms with Crippen LogP contribution in [0.2, 0.25) is 0 Å². The summed E-state index contributed by atoms with van der Waals surface area (Å²) in [6.45, 7) is 3.90. The summed E-state index contributed by atoms with van der Waals surface area (Å²) in [7, 11) is -2.03. The zero-order chi connectivity index (χ0) is 20.5. The summed E-state index contributed by atoms with van der Waals surface area (Å²) < 4.78 is 26.1. The van der Waals surface area contributed by atoms with E-state index in [1.807, 2.05) is 38.1 Å². The number of nitrogens with zero attached hydrogens (tertiary/aromatic N) is 1. The number of hydrogen-bond acceptors (Lipinski definition) is 3. The minimum Gasteiger partial charge on any atom is -0.345 e. The Balaban J connectivity index is 1.95. The normalized spacial score (nSPS) is 12.7. The van der Waals surface area contributed by atoms with Crippen LogP contribution in [0.25, 0.3) is 0 Å². The predicted molar refractivity (Wildman–Crippen MR) is 111 cm³/mol. The number of carbonyl (C=O) groups excluding carboxylic acids is 1. The van der Waals surface area contributed by atoms with E-state index in [4.69, 9.17) is 5.14 Å². The molecule has 0 aliphatic rings. The van der Waals surface area contributed by atoms with Crippen LogP contribution in [-0.4, -0.2) is 18.8 Å². The van der Waals surface area contributed by atoms with Gasteiger partial charge in [-0.05, 0) is 37.1 Å². The average molecular weight is 397 g/mol. The van der Waals surface area contributed by atoms with Crippen molar-refractivity contribution in [2.24, 2.45) is 12.2 Å². The number of rotatable bonds is 6. The molecule has 1 unspecified atom stereocenters. The Kier molecular flexibility index (Phi) is 5.54. The Morgan fingerprint density at radius 3 is 2.32 bits per heavy atom. The highest BCUT2D eigenvalue weighted by atomic mass is 32.2. The van der Waals surface area contributed by atoms with Crippen molar-refractivity contribution in [3.05, 3.63) is 94.3 Å². The van der Waals surface area contributed by atoms with Crippen molar-refractivity contribution in [2.45, 2.75) is 25.5 Å². The second-order valence-electron chi connectivity index (χ2n) is 7.11. The standard InChI is InChI=1S/C22H24N2O3S/c1-15-9-11-19(16(2)13-15)22(25)20-12-10-18(24(20)3)14-21(28(23,26)27)17-7-5-4-6-8-17/h4-13,21H,14H2,1-3H3,(H2,23,26,27). The molecule has 6 heteroatoms. The number of primary sulfonamides is 1. The molecule has 0 spiro atoms. The van der Waals surface area contributed by atoms with Gasteiger partial charge in [-0.1, -0.05) is 54.1 Å². The molecule has 0 aliphatic carbocycles. The largest absolute Gasteiger partial charge is 0.345 e. The second-order valence-corrected chi connectivity index (χ2v) is 8.86. The Bertz CT molecular complexity index is 1120. The van der Waals surface area contributed by atoms with Gasteiger partial charge in [0.2, 0.25) is 15.8 Å². The quantitative estimate of drug-likeness (QED) is 0.648. The summed E-state index contributed by atoms with van der Waals surface area (Å²) in [6.07, 6.45) is 0.194. The zero-order valence-electron chi connectivity index (χ0n) is 16.2. The predicted octanol–water partition coefficient (Wildman–Crippen LogP) is 3.45. The summed E-state index contributed by atoms with van der Waals surface area (Å²) in [6, 6.07) is 18.1. The molecule has 1 atom stereocenters. The smallest absolute Gasteiger partial charge is 0.216 e. The van der Waals surface area contributed by atoms with Crippen LogP contribution in [-0.2, 0) is 23.5 Å². The maximum absolute atomic E-state index is 13.0. The van der Waals surface area contributed by atoms with Gasteiger partial charge in [0.15, 0.2) is 0 Å². The van der Waals surface area contributed by atoms with Crippen LogP contribution < -0.4 is 5.14 Å². The molecular formula is C22H24N2O3S. The van der Waals surface area contributed by atoms with Crippen molar-refractivity contribution < 1.29 is 13.2 Å². The van der Waals surface area contributed by atoms with Crippen LogP contribution >= 0.6 is 0 Å². The number of aromatic nitrogens is 1. The van der Waals surface area contributed by atoms with Gasteiger partial charge < -0.3 is 4.57 Å². The molecule has 28 heavy (non-hydrogen) atoms. The van der Waals surface area contributed by atoms with Crippen LogP contribution in [0, 0.1) is 13.8 Å². The van der Waals surface area contributed by atoms with Gasteiger partial charge in [0.25, 0.3) is 0 Å². The molecule has 2 aromatic carbocycles. The van der Waals surface area contributed by atoms with Gasteiger partial charge in [-0.25, -0.2) is 13.6 Å². The van der Waals surface area contributed by atoms with E-state index in [0.29, 0.717) is 16.8 Å². The first-order valence-corrected chi connectivity index (χ1v) is 10.6. The fourth-order valence-electron chi connectivity index (χ4n) is 3.47. The topological polar surface area (TPSA) is 82.2 Å². The number of carbonyl (C=O) groups is 1. The van der Waals surface area contributed by atoms with E-state index in [9.17, 15) is 13.2 Å². The monoisotopic (exact) mass is 396 g/mol. The van der Waals surface area contributed by atoms with Gasteiger partial charge in [-0.3, -0.25) is 4.79 Å². The molecule has 0 fully saturated rings. The van der Waals surface area contributed by atoms with E-state index in [1.54, 1.807) is 48.0 Å². The molecule has 1 heterocycles. The van der Waals surface area contributed by atoms with Crippen LogP contribution in [0.15, 0.2) is 60.7 Å². The lowest BCUT2D eigenvalue weighted by atomic mass is 10.0. The van der Waals surface area contributed by atoms with Gasteiger partial charge >= 0.3 is 0 Å². The van der Waals surface area contributed by atoms with E-state index >= 15 is 0 Å². The number of nitrogens with two attached hydrogens (primary N) is 1. The number of hydrogen-bond donors (Lipinski definition) is 1. The summed E-state index contributed by atoms with van der Waals surface area (Å²) in [4.78, 5) is 13.0. The lowest BCUT2D eigenvalue weighted by Crippen LogP contribution is -2.24. The molecule has 0 bridgehead atoms. The Morgan fingerprint density at radius 1 is 1.04 bits per heavy atom. The van der Waals surface area contributed by atoms with E-state index in [1.165, 1.54) is 0 Å². The van der Waals surface area contributed by atoms with Gasteiger partial charge in [0.05, 0.1) is 5.69 Å². The van der Waals surface area contributed by atoms with Crippen LogP contribution in [0.4, 0.5) is 0 Å². The average Bonchev–Trinajstić information content (AvgIpc) is 2.99. The summed E-state index contributed by atoms with van der Waals surface area (Å²) in [5, 5.41) is 4.63. The third kappa shape index (κ3) is 4.08. The molecule has 0 radical (unpaired) electrons. The third-order valence-corrected chi connectivity index (χ3v) is 6.28. The molecular weight excluding hydrogens is 372 g/mol. The summed E-state index contributed by atoms with van der Waals surface area (Å²) >= 11 is 0. The molecule has 0 saturated carbocycles. The Morgan fingerprint density at radius 2 is 1.71 bits per heavy atom. The van der Waals surface area contributed by atoms with Crippen LogP contribution in [0.3, 0.4) is 0 Å². The van der Waals surface area contributed by atoms with Crippen molar-refractivity contribution in [3.63, 3.8) is 0 Å². The van der Waals surface area contributed by atoms with E-state index < -0.39 is 15.3 Å². The number of aryl methyl sites for hydroxylation is 2. The van der Waals surface area contributed by atoms with Gasteiger partial charge in [-0.15, -0.1) is 0 Å². The van der Waals surface area contributed by atoms with Crippen molar-refractivity contribution in [2.75, 3.05) is 0 Å². The summed E-state index contributed by atoms with van der Waals surface area (Å²) in [5.41, 5.74) is 4.54. The molecule has 3 aromatic rings. The highest BCUT2D eigenvalue weighted by Crippen LogP contribution is 2.26. The first-order valence-electron chi connectivity index (χ1n) is 9.01. The first-order chi connectivity index (χ1) is 13.2. The molecule has 2 N–H and O–H groups in total. The Labute approximate surface area is 165 Å². The van der Waals surface area contributed by atoms with Gasteiger partial charge in [0.1, 0.15) is 5.25 Å². The van der Waals surface area contributed by atoms with Crippen LogP contribution in [0.5, 0.6) is 0 Å². The highest BCUT2D eigenvalue weighted by molar-refractivity contribution is 7.89. The minimum absolute atomic E-state index is 0.0851. The lowest BCUT2D eigenvalue weighted by Gasteiger charge is -2.16.